The third-order valence-electron chi connectivity index (χ3n) is 1.39. The Hall–Kier alpha value is -0.910. The van der Waals surface area contributed by atoms with E-state index in [0.29, 0.717) is 5.75 Å². The first-order valence-corrected chi connectivity index (χ1v) is 5.60. The summed E-state index contributed by atoms with van der Waals surface area (Å²) in [5.74, 6) is 0.478. The second-order valence-corrected chi connectivity index (χ2v) is 3.87. The quantitative estimate of drug-likeness (QED) is 0.507. The molecule has 1 unspecified atom stereocenters. The predicted molar refractivity (Wildman–Crippen MR) is 51.1 cm³/mol. The fraction of sp³-hybridized carbons (Fsp3) is 0.250. The summed E-state index contributed by atoms with van der Waals surface area (Å²) in [6.07, 6.45) is -1.66. The first-order valence-electron chi connectivity index (χ1n) is 4.07. The minimum absolute atomic E-state index is 0.352. The van der Waals surface area contributed by atoms with Gasteiger partial charge >= 0.3 is 7.82 Å². The second kappa shape index (κ2) is 5.25. The molecule has 84 valence electrons. The molecule has 0 bridgehead atoms. The third kappa shape index (κ3) is 5.51. The molecule has 0 aromatic heterocycles. The van der Waals surface area contributed by atoms with Gasteiger partial charge < -0.3 is 19.6 Å². The van der Waals surface area contributed by atoms with E-state index in [1.165, 1.54) is 0 Å². The van der Waals surface area contributed by atoms with Crippen LogP contribution in [0, 0.1) is 0 Å². The van der Waals surface area contributed by atoms with E-state index < -0.39 is 14.1 Å². The number of phosphoric acid groups is 1. The summed E-state index contributed by atoms with van der Waals surface area (Å²) < 4.78 is 19.3. The Labute approximate surface area is 86.3 Å². The number of aliphatic hydroxyl groups excluding tert-OH is 1. The van der Waals surface area contributed by atoms with Gasteiger partial charge in [0.25, 0.3) is 0 Å². The highest BCUT2D eigenvalue weighted by atomic mass is 31.2. The van der Waals surface area contributed by atoms with Gasteiger partial charge in [0.2, 0.25) is 6.29 Å². The number of aliphatic hydroxyl groups is 1. The molecule has 1 aromatic rings. The monoisotopic (exact) mass is 234 g/mol. The van der Waals surface area contributed by atoms with Crippen LogP contribution in [-0.2, 0) is 9.09 Å². The van der Waals surface area contributed by atoms with Gasteiger partial charge in [-0.15, -0.1) is 0 Å². The standard InChI is InChI=1S/C8H11O6P/c9-8(14-15(10,11)12)6-13-7-4-2-1-3-5-7/h1-5,8-9H,6H2,(H2,10,11,12). The fourth-order valence-corrected chi connectivity index (χ4v) is 1.25. The van der Waals surface area contributed by atoms with Gasteiger partial charge in [-0.1, -0.05) is 18.2 Å². The molecular formula is C8H11O6P. The first kappa shape index (κ1) is 12.2. The zero-order valence-corrected chi connectivity index (χ0v) is 8.58. The number of benzene rings is 1. The zero-order chi connectivity index (χ0) is 11.3. The maximum atomic E-state index is 10.3. The number of ether oxygens (including phenoxy) is 1. The lowest BCUT2D eigenvalue weighted by atomic mass is 10.3. The Balaban J connectivity index is 2.35. The van der Waals surface area contributed by atoms with E-state index in [1.54, 1.807) is 30.3 Å². The largest absolute Gasteiger partial charge is 0.488 e. The average Bonchev–Trinajstić information content (AvgIpc) is 2.14. The van der Waals surface area contributed by atoms with Crippen molar-refractivity contribution in [3.63, 3.8) is 0 Å². The van der Waals surface area contributed by atoms with E-state index in [1.807, 2.05) is 0 Å². The lowest BCUT2D eigenvalue weighted by Crippen LogP contribution is -2.19. The van der Waals surface area contributed by atoms with Gasteiger partial charge in [0.15, 0.2) is 0 Å². The molecule has 0 heterocycles. The molecule has 0 aliphatic rings. The molecule has 6 nitrogen and oxygen atoms in total. The maximum Gasteiger partial charge on any atom is 0.472 e. The Morgan fingerprint density at radius 3 is 2.40 bits per heavy atom. The molecule has 1 rings (SSSR count). The highest BCUT2D eigenvalue weighted by Crippen LogP contribution is 2.36. The Morgan fingerprint density at radius 1 is 1.27 bits per heavy atom. The molecule has 0 radical (unpaired) electrons. The summed E-state index contributed by atoms with van der Waals surface area (Å²) in [4.78, 5) is 16.7. The lowest BCUT2D eigenvalue weighted by Gasteiger charge is -2.13. The van der Waals surface area contributed by atoms with Crippen molar-refractivity contribution in [3.05, 3.63) is 30.3 Å². The molecule has 15 heavy (non-hydrogen) atoms. The molecule has 1 aromatic carbocycles. The number of para-hydroxylation sites is 1. The smallest absolute Gasteiger partial charge is 0.472 e. The number of hydrogen-bond donors (Lipinski definition) is 3. The molecule has 1 atom stereocenters. The van der Waals surface area contributed by atoms with Crippen LogP contribution < -0.4 is 4.74 Å². The van der Waals surface area contributed by atoms with E-state index in [0.717, 1.165) is 0 Å². The van der Waals surface area contributed by atoms with Crippen molar-refractivity contribution in [2.24, 2.45) is 0 Å². The molecule has 0 aliphatic heterocycles. The third-order valence-corrected chi connectivity index (χ3v) is 1.91. The molecule has 0 spiro atoms. The van der Waals surface area contributed by atoms with Gasteiger partial charge in [-0.25, -0.2) is 4.57 Å². The van der Waals surface area contributed by atoms with Gasteiger partial charge in [0, 0.05) is 0 Å². The molecular weight excluding hydrogens is 223 g/mol. The van der Waals surface area contributed by atoms with Crippen molar-refractivity contribution in [2.45, 2.75) is 6.29 Å². The lowest BCUT2D eigenvalue weighted by molar-refractivity contribution is -0.0630. The number of hydrogen-bond acceptors (Lipinski definition) is 4. The van der Waals surface area contributed by atoms with Crippen LogP contribution >= 0.6 is 7.82 Å². The van der Waals surface area contributed by atoms with Crippen LogP contribution in [-0.4, -0.2) is 27.8 Å². The fourth-order valence-electron chi connectivity index (χ4n) is 0.873. The van der Waals surface area contributed by atoms with E-state index in [-0.39, 0.29) is 6.61 Å². The highest BCUT2D eigenvalue weighted by Gasteiger charge is 2.20. The van der Waals surface area contributed by atoms with Crippen molar-refractivity contribution in [1.82, 2.24) is 0 Å². The summed E-state index contributed by atoms with van der Waals surface area (Å²) >= 11 is 0. The van der Waals surface area contributed by atoms with Crippen molar-refractivity contribution in [3.8, 4) is 5.75 Å². The minimum Gasteiger partial charge on any atom is -0.488 e. The minimum atomic E-state index is -4.67. The average molecular weight is 234 g/mol. The predicted octanol–water partition coefficient (Wildman–Crippen LogP) is 0.493. The number of phosphoric ester groups is 1. The topological polar surface area (TPSA) is 96.2 Å². The summed E-state index contributed by atoms with van der Waals surface area (Å²) in [6.45, 7) is -0.352. The highest BCUT2D eigenvalue weighted by molar-refractivity contribution is 7.46. The molecule has 0 saturated carbocycles. The van der Waals surface area contributed by atoms with Crippen molar-refractivity contribution in [2.75, 3.05) is 6.61 Å². The molecule has 0 fully saturated rings. The van der Waals surface area contributed by atoms with Gasteiger partial charge in [0.1, 0.15) is 12.4 Å². The zero-order valence-electron chi connectivity index (χ0n) is 7.68. The Bertz CT molecular complexity index is 334. The van der Waals surface area contributed by atoms with Crippen LogP contribution in [0.1, 0.15) is 0 Å². The van der Waals surface area contributed by atoms with E-state index in [4.69, 9.17) is 19.6 Å². The number of rotatable bonds is 5. The van der Waals surface area contributed by atoms with Crippen molar-refractivity contribution < 1.29 is 28.7 Å². The molecule has 3 N–H and O–H groups in total. The van der Waals surface area contributed by atoms with Gasteiger partial charge in [-0.2, -0.15) is 0 Å². The van der Waals surface area contributed by atoms with Crippen LogP contribution in [0.3, 0.4) is 0 Å². The van der Waals surface area contributed by atoms with Gasteiger partial charge in [-0.05, 0) is 12.1 Å². The van der Waals surface area contributed by atoms with E-state index in [2.05, 4.69) is 4.52 Å². The van der Waals surface area contributed by atoms with E-state index in [9.17, 15) is 4.57 Å². The van der Waals surface area contributed by atoms with E-state index >= 15 is 0 Å². The Morgan fingerprint density at radius 2 is 1.87 bits per heavy atom. The Kier molecular flexibility index (Phi) is 4.26. The first-order chi connectivity index (χ1) is 6.97. The molecule has 0 aliphatic carbocycles. The van der Waals surface area contributed by atoms with Crippen LogP contribution in [0.2, 0.25) is 0 Å². The van der Waals surface area contributed by atoms with Gasteiger partial charge in [-0.3, -0.25) is 4.52 Å². The van der Waals surface area contributed by atoms with Crippen molar-refractivity contribution in [1.29, 1.82) is 0 Å². The SMILES string of the molecule is O=P(O)(O)OC(O)COc1ccccc1. The van der Waals surface area contributed by atoms with Crippen molar-refractivity contribution >= 4 is 7.82 Å². The summed E-state index contributed by atoms with van der Waals surface area (Å²) in [6, 6.07) is 8.53. The van der Waals surface area contributed by atoms with Crippen LogP contribution in [0.5, 0.6) is 5.75 Å². The molecule has 0 saturated heterocycles. The normalized spacial score (nSPS) is 13.5. The van der Waals surface area contributed by atoms with Crippen LogP contribution in [0.4, 0.5) is 0 Å². The summed E-state index contributed by atoms with van der Waals surface area (Å²) in [5, 5.41) is 9.01. The molecule has 0 amide bonds. The summed E-state index contributed by atoms with van der Waals surface area (Å²) in [7, 11) is -4.67. The molecule has 7 heteroatoms. The maximum absolute atomic E-state index is 10.3. The van der Waals surface area contributed by atoms with Crippen LogP contribution in [0.15, 0.2) is 30.3 Å². The van der Waals surface area contributed by atoms with Gasteiger partial charge in [0.05, 0.1) is 0 Å². The van der Waals surface area contributed by atoms with Crippen LogP contribution in [0.25, 0.3) is 0 Å². The second-order valence-electron chi connectivity index (χ2n) is 2.67. The summed E-state index contributed by atoms with van der Waals surface area (Å²) in [5.41, 5.74) is 0.